The molecule has 0 unspecified atom stereocenters. The number of benzene rings is 1. The normalized spacial score (nSPS) is 10.6. The number of nitrogens with zero attached hydrogens (tertiary/aromatic N) is 1. The number of carbonyl (C=O) groups is 1. The van der Waals surface area contributed by atoms with Crippen molar-refractivity contribution < 1.29 is 14.3 Å². The second-order valence-electron chi connectivity index (χ2n) is 4.56. The van der Waals surface area contributed by atoms with E-state index in [1.54, 1.807) is 7.11 Å². The first-order valence-electron chi connectivity index (χ1n) is 6.51. The Bertz CT molecular complexity index is 418. The van der Waals surface area contributed by atoms with Gasteiger partial charge in [-0.05, 0) is 25.1 Å². The van der Waals surface area contributed by atoms with Crippen LogP contribution in [0.4, 0.5) is 0 Å². The maximum Gasteiger partial charge on any atom is 0.306 e. The monoisotopic (exact) mass is 265 g/mol. The largest absolute Gasteiger partial charge is 0.496 e. The molecule has 0 aliphatic heterocycles. The molecule has 0 spiro atoms. The van der Waals surface area contributed by atoms with Crippen LogP contribution in [-0.2, 0) is 22.5 Å². The molecule has 0 aliphatic rings. The van der Waals surface area contributed by atoms with Gasteiger partial charge in [0.2, 0.25) is 0 Å². The van der Waals surface area contributed by atoms with Crippen LogP contribution in [0.1, 0.15) is 24.5 Å². The second kappa shape index (κ2) is 7.79. The minimum Gasteiger partial charge on any atom is -0.496 e. The summed E-state index contributed by atoms with van der Waals surface area (Å²) in [6.45, 7) is 3.56. The number of ether oxygens (including phenoxy) is 2. The maximum atomic E-state index is 11.1. The lowest BCUT2D eigenvalue weighted by Crippen LogP contribution is -2.22. The molecule has 4 nitrogen and oxygen atoms in total. The van der Waals surface area contributed by atoms with Gasteiger partial charge in [-0.2, -0.15) is 0 Å². The molecule has 0 saturated heterocycles. The van der Waals surface area contributed by atoms with E-state index >= 15 is 0 Å². The van der Waals surface area contributed by atoms with Crippen molar-refractivity contribution in [1.82, 2.24) is 4.90 Å². The van der Waals surface area contributed by atoms with E-state index in [-0.39, 0.29) is 5.97 Å². The summed E-state index contributed by atoms with van der Waals surface area (Å²) in [5.41, 5.74) is 2.44. The third kappa shape index (κ3) is 4.91. The molecule has 4 heteroatoms. The highest BCUT2D eigenvalue weighted by Gasteiger charge is 2.09. The maximum absolute atomic E-state index is 11.1. The number of methoxy groups -OCH3 is 2. The van der Waals surface area contributed by atoms with Gasteiger partial charge in [-0.1, -0.05) is 19.1 Å². The molecule has 1 aromatic carbocycles. The molecule has 0 fully saturated rings. The first-order chi connectivity index (χ1) is 9.10. The first kappa shape index (κ1) is 15.5. The van der Waals surface area contributed by atoms with Gasteiger partial charge in [0, 0.05) is 18.7 Å². The molecule has 0 aliphatic carbocycles. The van der Waals surface area contributed by atoms with Crippen LogP contribution in [0.15, 0.2) is 18.2 Å². The Hall–Kier alpha value is -1.55. The number of rotatable bonds is 7. The Morgan fingerprint density at radius 3 is 2.63 bits per heavy atom. The molecule has 0 atom stereocenters. The van der Waals surface area contributed by atoms with Crippen LogP contribution >= 0.6 is 0 Å². The van der Waals surface area contributed by atoms with Crippen molar-refractivity contribution in [2.45, 2.75) is 26.3 Å². The highest BCUT2D eigenvalue weighted by atomic mass is 16.5. The fraction of sp³-hybridized carbons (Fsp3) is 0.533. The molecule has 0 aromatic heterocycles. The Balaban J connectivity index is 2.66. The molecule has 0 saturated carbocycles. The molecule has 0 bridgehead atoms. The van der Waals surface area contributed by atoms with E-state index in [1.807, 2.05) is 13.1 Å². The van der Waals surface area contributed by atoms with Crippen LogP contribution < -0.4 is 4.74 Å². The number of aryl methyl sites for hydroxylation is 1. The molecule has 0 heterocycles. The van der Waals surface area contributed by atoms with Gasteiger partial charge in [0.05, 0.1) is 20.6 Å². The Labute approximate surface area is 115 Å². The minimum atomic E-state index is -0.180. The number of hydrogen-bond acceptors (Lipinski definition) is 4. The summed E-state index contributed by atoms with van der Waals surface area (Å²) in [5.74, 6) is 0.711. The van der Waals surface area contributed by atoms with Crippen LogP contribution in [0.3, 0.4) is 0 Å². The van der Waals surface area contributed by atoms with Crippen molar-refractivity contribution in [2.24, 2.45) is 0 Å². The lowest BCUT2D eigenvalue weighted by Gasteiger charge is -2.18. The fourth-order valence-corrected chi connectivity index (χ4v) is 1.93. The molecule has 106 valence electrons. The molecule has 1 rings (SSSR count). The summed E-state index contributed by atoms with van der Waals surface area (Å²) in [6.07, 6.45) is 1.41. The third-order valence-corrected chi connectivity index (χ3v) is 3.12. The summed E-state index contributed by atoms with van der Waals surface area (Å²) in [6, 6.07) is 6.24. The van der Waals surface area contributed by atoms with Gasteiger partial charge >= 0.3 is 5.97 Å². The Kier molecular flexibility index (Phi) is 6.36. The van der Waals surface area contributed by atoms with E-state index < -0.39 is 0 Å². The van der Waals surface area contributed by atoms with Crippen molar-refractivity contribution in [3.63, 3.8) is 0 Å². The standard InChI is InChI=1S/C15H23NO3/c1-5-12-6-7-14(18-3)13(10-12)11-16(2)9-8-15(17)19-4/h6-7,10H,5,8-9,11H2,1-4H3. The van der Waals surface area contributed by atoms with E-state index in [0.717, 1.165) is 24.3 Å². The Morgan fingerprint density at radius 1 is 1.32 bits per heavy atom. The van der Waals surface area contributed by atoms with Crippen LogP contribution in [0, 0.1) is 0 Å². The predicted molar refractivity (Wildman–Crippen MR) is 75.3 cm³/mol. The topological polar surface area (TPSA) is 38.8 Å². The van der Waals surface area contributed by atoms with Crippen molar-refractivity contribution in [3.05, 3.63) is 29.3 Å². The summed E-state index contributed by atoms with van der Waals surface area (Å²) < 4.78 is 10.0. The predicted octanol–water partition coefficient (Wildman–Crippen LogP) is 2.25. The van der Waals surface area contributed by atoms with Crippen molar-refractivity contribution in [1.29, 1.82) is 0 Å². The summed E-state index contributed by atoms with van der Waals surface area (Å²) in [5, 5.41) is 0. The zero-order valence-electron chi connectivity index (χ0n) is 12.2. The first-order valence-corrected chi connectivity index (χ1v) is 6.51. The molecule has 0 N–H and O–H groups in total. The van der Waals surface area contributed by atoms with Gasteiger partial charge in [0.15, 0.2) is 0 Å². The average molecular weight is 265 g/mol. The van der Waals surface area contributed by atoms with Gasteiger partial charge in [0.25, 0.3) is 0 Å². The SMILES string of the molecule is CCc1ccc(OC)c(CN(C)CCC(=O)OC)c1. The quantitative estimate of drug-likeness (QED) is 0.709. The summed E-state index contributed by atoms with van der Waals surface area (Å²) in [4.78, 5) is 13.2. The summed E-state index contributed by atoms with van der Waals surface area (Å²) >= 11 is 0. The number of esters is 1. The highest BCUT2D eigenvalue weighted by Crippen LogP contribution is 2.21. The van der Waals surface area contributed by atoms with Crippen LogP contribution in [0.5, 0.6) is 5.75 Å². The molecule has 1 aromatic rings. The van der Waals surface area contributed by atoms with Crippen molar-refractivity contribution in [3.8, 4) is 5.75 Å². The molecule has 0 amide bonds. The Morgan fingerprint density at radius 2 is 2.05 bits per heavy atom. The third-order valence-electron chi connectivity index (χ3n) is 3.12. The van der Waals surface area contributed by atoms with Crippen LogP contribution in [-0.4, -0.2) is 38.7 Å². The zero-order valence-corrected chi connectivity index (χ0v) is 12.2. The van der Waals surface area contributed by atoms with Gasteiger partial charge in [-0.25, -0.2) is 0 Å². The summed E-state index contributed by atoms with van der Waals surface area (Å²) in [7, 11) is 5.08. The lowest BCUT2D eigenvalue weighted by molar-refractivity contribution is -0.140. The van der Waals surface area contributed by atoms with E-state index in [1.165, 1.54) is 12.7 Å². The number of carbonyl (C=O) groups excluding carboxylic acids is 1. The van der Waals surface area contributed by atoms with E-state index in [9.17, 15) is 4.79 Å². The average Bonchev–Trinajstić information content (AvgIpc) is 2.44. The molecular formula is C15H23NO3. The van der Waals surface area contributed by atoms with E-state index in [0.29, 0.717) is 13.0 Å². The smallest absolute Gasteiger partial charge is 0.306 e. The van der Waals surface area contributed by atoms with Crippen molar-refractivity contribution in [2.75, 3.05) is 27.8 Å². The van der Waals surface area contributed by atoms with Crippen molar-refractivity contribution >= 4 is 5.97 Å². The lowest BCUT2D eigenvalue weighted by atomic mass is 10.1. The van der Waals surface area contributed by atoms with Gasteiger partial charge < -0.3 is 14.4 Å². The van der Waals surface area contributed by atoms with Gasteiger partial charge in [0.1, 0.15) is 5.75 Å². The fourth-order valence-electron chi connectivity index (χ4n) is 1.93. The zero-order chi connectivity index (χ0) is 14.3. The minimum absolute atomic E-state index is 0.180. The van der Waals surface area contributed by atoms with E-state index in [4.69, 9.17) is 4.74 Å². The highest BCUT2D eigenvalue weighted by molar-refractivity contribution is 5.69. The van der Waals surface area contributed by atoms with Crippen LogP contribution in [0.2, 0.25) is 0 Å². The van der Waals surface area contributed by atoms with Gasteiger partial charge in [-0.15, -0.1) is 0 Å². The molecule has 19 heavy (non-hydrogen) atoms. The molecule has 0 radical (unpaired) electrons. The molecular weight excluding hydrogens is 242 g/mol. The second-order valence-corrected chi connectivity index (χ2v) is 4.56. The van der Waals surface area contributed by atoms with Crippen LogP contribution in [0.25, 0.3) is 0 Å². The van der Waals surface area contributed by atoms with E-state index in [2.05, 4.69) is 28.7 Å². The van der Waals surface area contributed by atoms with Gasteiger partial charge in [-0.3, -0.25) is 4.79 Å². The number of hydrogen-bond donors (Lipinski definition) is 0.